The number of hydroxylamine groups is 2. The quantitative estimate of drug-likeness (QED) is 0.340. The molecule has 37 heavy (non-hydrogen) atoms. The highest BCUT2D eigenvalue weighted by Crippen LogP contribution is 2.28. The molecule has 10 nitrogen and oxygen atoms in total. The Balaban J connectivity index is 2.02. The molecule has 4 N–H and O–H groups in total. The predicted octanol–water partition coefficient (Wildman–Crippen LogP) is 2.45. The van der Waals surface area contributed by atoms with Gasteiger partial charge in [-0.05, 0) is 54.9 Å². The van der Waals surface area contributed by atoms with Gasteiger partial charge in [0.05, 0.1) is 11.6 Å². The number of hydrogen-bond donors (Lipinski definition) is 3. The zero-order chi connectivity index (χ0) is 27.9. The standard InChI is InChI=1S/C27H39N5O5/c1-17(2)14-20(24(29)34)15-22(33)32(37)23(27(3,4)5)26(36)31-12-10-21(11-13-31)30-25(35)19-8-6-18(16-28)7-9-19/h6-9,17,20-21,23,37H,10-15H2,1-5H3,(H2,29,34)(H,30,35)/t20-,23-/m1/s1. The van der Waals surface area contributed by atoms with Crippen molar-refractivity contribution in [2.45, 2.75) is 72.4 Å². The maximum atomic E-state index is 13.5. The fourth-order valence-corrected chi connectivity index (χ4v) is 4.54. The molecule has 1 heterocycles. The molecule has 0 aliphatic carbocycles. The summed E-state index contributed by atoms with van der Waals surface area (Å²) in [5.74, 6) is -2.56. The van der Waals surface area contributed by atoms with Crippen LogP contribution < -0.4 is 11.1 Å². The van der Waals surface area contributed by atoms with Crippen LogP contribution in [0.4, 0.5) is 0 Å². The number of likely N-dealkylation sites (tertiary alicyclic amines) is 1. The number of amides is 4. The maximum Gasteiger partial charge on any atom is 0.251 e. The molecule has 0 radical (unpaired) electrons. The summed E-state index contributed by atoms with van der Waals surface area (Å²) in [4.78, 5) is 52.3. The summed E-state index contributed by atoms with van der Waals surface area (Å²) in [6.45, 7) is 9.80. The first-order chi connectivity index (χ1) is 17.2. The number of rotatable bonds is 9. The Hall–Kier alpha value is -3.45. The van der Waals surface area contributed by atoms with Crippen molar-refractivity contribution in [1.82, 2.24) is 15.3 Å². The van der Waals surface area contributed by atoms with Gasteiger partial charge in [0.25, 0.3) is 5.91 Å². The third-order valence-corrected chi connectivity index (χ3v) is 6.55. The summed E-state index contributed by atoms with van der Waals surface area (Å²) in [5, 5.41) is 23.2. The molecular formula is C27H39N5O5. The number of carbonyl (C=O) groups is 4. The van der Waals surface area contributed by atoms with Crippen LogP contribution in [0.5, 0.6) is 0 Å². The fraction of sp³-hybridized carbons (Fsp3) is 0.593. The van der Waals surface area contributed by atoms with Crippen LogP contribution >= 0.6 is 0 Å². The van der Waals surface area contributed by atoms with Crippen LogP contribution in [-0.4, -0.2) is 64.0 Å². The Bertz CT molecular complexity index is 1020. The van der Waals surface area contributed by atoms with E-state index in [1.54, 1.807) is 49.9 Å². The highest BCUT2D eigenvalue weighted by Gasteiger charge is 2.42. The molecule has 0 unspecified atom stereocenters. The number of nitrogens with two attached hydrogens (primary N) is 1. The van der Waals surface area contributed by atoms with Crippen LogP contribution in [0.25, 0.3) is 0 Å². The lowest BCUT2D eigenvalue weighted by atomic mass is 9.84. The average Bonchev–Trinajstić information content (AvgIpc) is 2.82. The number of piperidine rings is 1. The zero-order valence-electron chi connectivity index (χ0n) is 22.4. The lowest BCUT2D eigenvalue weighted by molar-refractivity contribution is -0.194. The lowest BCUT2D eigenvalue weighted by Crippen LogP contribution is -2.58. The van der Waals surface area contributed by atoms with E-state index in [1.165, 1.54) is 0 Å². The van der Waals surface area contributed by atoms with E-state index in [1.807, 2.05) is 19.9 Å². The molecule has 2 atom stereocenters. The highest BCUT2D eigenvalue weighted by molar-refractivity contribution is 5.94. The van der Waals surface area contributed by atoms with Gasteiger partial charge in [-0.1, -0.05) is 34.6 Å². The van der Waals surface area contributed by atoms with Crippen molar-refractivity contribution < 1.29 is 24.4 Å². The normalized spacial score (nSPS) is 16.0. The molecule has 1 fully saturated rings. The van der Waals surface area contributed by atoms with Gasteiger partial charge in [-0.15, -0.1) is 0 Å². The molecule has 1 aliphatic heterocycles. The van der Waals surface area contributed by atoms with E-state index in [4.69, 9.17) is 11.0 Å². The minimum absolute atomic E-state index is 0.135. The third kappa shape index (κ3) is 8.29. The van der Waals surface area contributed by atoms with E-state index in [9.17, 15) is 24.4 Å². The van der Waals surface area contributed by atoms with Crippen LogP contribution in [0, 0.1) is 28.6 Å². The van der Waals surface area contributed by atoms with E-state index in [0.29, 0.717) is 48.5 Å². The Kier molecular flexibility index (Phi) is 10.2. The Morgan fingerprint density at radius 1 is 1.16 bits per heavy atom. The van der Waals surface area contributed by atoms with Gasteiger partial charge in [-0.3, -0.25) is 24.4 Å². The number of hydrogen-bond acceptors (Lipinski definition) is 6. The topological polar surface area (TPSA) is 157 Å². The van der Waals surface area contributed by atoms with Crippen molar-refractivity contribution >= 4 is 23.6 Å². The first kappa shape index (κ1) is 29.8. The average molecular weight is 514 g/mol. The lowest BCUT2D eigenvalue weighted by Gasteiger charge is -2.40. The van der Waals surface area contributed by atoms with Crippen LogP contribution in [0.15, 0.2) is 24.3 Å². The molecule has 2 rings (SSSR count). The minimum atomic E-state index is -1.14. The van der Waals surface area contributed by atoms with Gasteiger partial charge >= 0.3 is 0 Å². The largest absolute Gasteiger partial charge is 0.369 e. The molecule has 0 spiro atoms. The second kappa shape index (κ2) is 12.7. The molecule has 1 saturated heterocycles. The molecule has 4 amide bonds. The summed E-state index contributed by atoms with van der Waals surface area (Å²) in [7, 11) is 0. The summed E-state index contributed by atoms with van der Waals surface area (Å²) in [5.41, 5.74) is 5.61. The third-order valence-electron chi connectivity index (χ3n) is 6.55. The van der Waals surface area contributed by atoms with Gasteiger partial charge < -0.3 is 16.0 Å². The number of benzene rings is 1. The summed E-state index contributed by atoms with van der Waals surface area (Å²) < 4.78 is 0. The van der Waals surface area contributed by atoms with E-state index in [0.717, 1.165) is 0 Å². The summed E-state index contributed by atoms with van der Waals surface area (Å²) >= 11 is 0. The summed E-state index contributed by atoms with van der Waals surface area (Å²) in [6.07, 6.45) is 1.17. The summed E-state index contributed by atoms with van der Waals surface area (Å²) in [6, 6.07) is 7.09. The van der Waals surface area contributed by atoms with E-state index in [-0.39, 0.29) is 30.2 Å². The Morgan fingerprint density at radius 2 is 1.73 bits per heavy atom. The minimum Gasteiger partial charge on any atom is -0.369 e. The van der Waals surface area contributed by atoms with Gasteiger partial charge in [0.1, 0.15) is 6.04 Å². The SMILES string of the molecule is CC(C)C[C@H](CC(=O)N(O)[C@H](C(=O)N1CCC(NC(=O)c2ccc(C#N)cc2)CC1)C(C)(C)C)C(N)=O. The van der Waals surface area contributed by atoms with Gasteiger partial charge in [-0.25, -0.2) is 5.06 Å². The molecule has 1 aliphatic rings. The second-order valence-electron chi connectivity index (χ2n) is 11.2. The Labute approximate surface area is 218 Å². The van der Waals surface area contributed by atoms with Crippen LogP contribution in [0.1, 0.15) is 76.2 Å². The molecule has 202 valence electrons. The molecule has 1 aromatic carbocycles. The van der Waals surface area contributed by atoms with Crippen molar-refractivity contribution in [1.29, 1.82) is 5.26 Å². The van der Waals surface area contributed by atoms with Gasteiger partial charge in [0.2, 0.25) is 17.7 Å². The van der Waals surface area contributed by atoms with Gasteiger partial charge in [0.15, 0.2) is 0 Å². The van der Waals surface area contributed by atoms with E-state index >= 15 is 0 Å². The molecule has 10 heteroatoms. The van der Waals surface area contributed by atoms with Crippen molar-refractivity contribution in [3.05, 3.63) is 35.4 Å². The molecule has 0 aromatic heterocycles. The number of nitrogens with one attached hydrogen (secondary N) is 1. The number of nitrogens with zero attached hydrogens (tertiary/aromatic N) is 3. The highest BCUT2D eigenvalue weighted by atomic mass is 16.5. The van der Waals surface area contributed by atoms with Crippen molar-refractivity contribution in [3.8, 4) is 6.07 Å². The van der Waals surface area contributed by atoms with Crippen LogP contribution in [0.3, 0.4) is 0 Å². The number of primary amides is 1. The molecule has 0 saturated carbocycles. The molecular weight excluding hydrogens is 474 g/mol. The second-order valence-corrected chi connectivity index (χ2v) is 11.2. The van der Waals surface area contributed by atoms with Crippen molar-refractivity contribution in [2.75, 3.05) is 13.1 Å². The van der Waals surface area contributed by atoms with Crippen LogP contribution in [-0.2, 0) is 14.4 Å². The van der Waals surface area contributed by atoms with E-state index < -0.39 is 29.2 Å². The smallest absolute Gasteiger partial charge is 0.251 e. The first-order valence-electron chi connectivity index (χ1n) is 12.6. The molecule has 0 bridgehead atoms. The zero-order valence-corrected chi connectivity index (χ0v) is 22.4. The van der Waals surface area contributed by atoms with Crippen molar-refractivity contribution in [3.63, 3.8) is 0 Å². The monoisotopic (exact) mass is 513 g/mol. The Morgan fingerprint density at radius 3 is 2.19 bits per heavy atom. The number of nitriles is 1. The predicted molar refractivity (Wildman–Crippen MR) is 137 cm³/mol. The van der Waals surface area contributed by atoms with Gasteiger partial charge in [0, 0.05) is 37.0 Å². The van der Waals surface area contributed by atoms with Gasteiger partial charge in [-0.2, -0.15) is 5.26 Å². The fourth-order valence-electron chi connectivity index (χ4n) is 4.54. The maximum absolute atomic E-state index is 13.5. The number of carbonyl (C=O) groups excluding carboxylic acids is 4. The molecule has 1 aromatic rings. The van der Waals surface area contributed by atoms with Crippen LogP contribution in [0.2, 0.25) is 0 Å². The first-order valence-corrected chi connectivity index (χ1v) is 12.6. The van der Waals surface area contributed by atoms with E-state index in [2.05, 4.69) is 5.32 Å². The van der Waals surface area contributed by atoms with Crippen molar-refractivity contribution in [2.24, 2.45) is 23.0 Å².